The van der Waals surface area contributed by atoms with Crippen molar-refractivity contribution < 1.29 is 9.90 Å². The van der Waals surface area contributed by atoms with Gasteiger partial charge in [-0.15, -0.1) is 0 Å². The van der Waals surface area contributed by atoms with Crippen LogP contribution in [0.15, 0.2) is 30.3 Å². The number of hydrogen-bond acceptors (Lipinski definition) is 3. The first-order valence-electron chi connectivity index (χ1n) is 5.63. The molecule has 2 N–H and O–H groups in total. The molecule has 1 heterocycles. The molecule has 0 bridgehead atoms. The number of nitrogens with zero attached hydrogens (tertiary/aromatic N) is 2. The molecule has 2 aromatic rings. The zero-order valence-corrected chi connectivity index (χ0v) is 10.3. The van der Waals surface area contributed by atoms with Crippen molar-refractivity contribution in [1.29, 1.82) is 0 Å². The van der Waals surface area contributed by atoms with Crippen molar-refractivity contribution in [3.05, 3.63) is 47.2 Å². The summed E-state index contributed by atoms with van der Waals surface area (Å²) in [7, 11) is 1.87. The van der Waals surface area contributed by atoms with Gasteiger partial charge >= 0.3 is 5.97 Å². The van der Waals surface area contributed by atoms with Gasteiger partial charge in [-0.3, -0.25) is 4.68 Å². The van der Waals surface area contributed by atoms with E-state index >= 15 is 0 Å². The number of carboxylic acids is 1. The van der Waals surface area contributed by atoms with Crippen molar-refractivity contribution in [3.8, 4) is 0 Å². The Hall–Kier alpha value is -2.30. The van der Waals surface area contributed by atoms with Gasteiger partial charge < -0.3 is 10.4 Å². The first kappa shape index (κ1) is 12.2. The van der Waals surface area contributed by atoms with Gasteiger partial charge in [0.15, 0.2) is 0 Å². The molecule has 0 spiro atoms. The highest BCUT2D eigenvalue weighted by atomic mass is 16.4. The van der Waals surface area contributed by atoms with Gasteiger partial charge in [0, 0.05) is 25.4 Å². The SMILES string of the molecule is Cc1cc(NCc2ccccc2C(=O)O)nn1C. The van der Waals surface area contributed by atoms with Gasteiger partial charge in [0.25, 0.3) is 0 Å². The number of aromatic nitrogens is 2. The first-order valence-corrected chi connectivity index (χ1v) is 5.63. The van der Waals surface area contributed by atoms with E-state index in [1.54, 1.807) is 22.9 Å². The second kappa shape index (κ2) is 4.91. The van der Waals surface area contributed by atoms with Crippen LogP contribution in [-0.2, 0) is 13.6 Å². The Morgan fingerprint density at radius 1 is 1.44 bits per heavy atom. The number of aryl methyl sites for hydroxylation is 2. The van der Waals surface area contributed by atoms with Crippen LogP contribution in [0.25, 0.3) is 0 Å². The van der Waals surface area contributed by atoms with E-state index in [4.69, 9.17) is 5.11 Å². The van der Waals surface area contributed by atoms with Crippen molar-refractivity contribution >= 4 is 11.8 Å². The molecule has 18 heavy (non-hydrogen) atoms. The maximum Gasteiger partial charge on any atom is 0.336 e. The molecule has 5 nitrogen and oxygen atoms in total. The Balaban J connectivity index is 2.13. The summed E-state index contributed by atoms with van der Waals surface area (Å²) >= 11 is 0. The number of benzene rings is 1. The molecule has 0 aliphatic heterocycles. The predicted molar refractivity (Wildman–Crippen MR) is 68.7 cm³/mol. The molecular formula is C13H15N3O2. The van der Waals surface area contributed by atoms with E-state index in [0.29, 0.717) is 12.1 Å². The fourth-order valence-electron chi connectivity index (χ4n) is 1.72. The molecule has 0 unspecified atom stereocenters. The molecule has 5 heteroatoms. The van der Waals surface area contributed by atoms with Crippen LogP contribution in [0, 0.1) is 6.92 Å². The predicted octanol–water partition coefficient (Wildman–Crippen LogP) is 2.04. The van der Waals surface area contributed by atoms with Crippen molar-refractivity contribution in [1.82, 2.24) is 9.78 Å². The van der Waals surface area contributed by atoms with Crippen LogP contribution in [0.1, 0.15) is 21.6 Å². The van der Waals surface area contributed by atoms with E-state index in [0.717, 1.165) is 17.1 Å². The lowest BCUT2D eigenvalue weighted by Gasteiger charge is -2.06. The van der Waals surface area contributed by atoms with Crippen LogP contribution >= 0.6 is 0 Å². The minimum absolute atomic E-state index is 0.317. The number of anilines is 1. The van der Waals surface area contributed by atoms with Crippen LogP contribution in [0.4, 0.5) is 5.82 Å². The molecule has 0 fully saturated rings. The molecule has 2 rings (SSSR count). The van der Waals surface area contributed by atoms with Gasteiger partial charge in [-0.1, -0.05) is 18.2 Å². The Morgan fingerprint density at radius 3 is 2.78 bits per heavy atom. The van der Waals surface area contributed by atoms with Gasteiger partial charge in [0.2, 0.25) is 0 Å². The fraction of sp³-hybridized carbons (Fsp3) is 0.231. The van der Waals surface area contributed by atoms with Crippen LogP contribution in [0.2, 0.25) is 0 Å². The second-order valence-corrected chi connectivity index (χ2v) is 4.11. The number of aromatic carboxylic acids is 1. The van der Waals surface area contributed by atoms with E-state index in [-0.39, 0.29) is 0 Å². The van der Waals surface area contributed by atoms with Crippen LogP contribution in [0.5, 0.6) is 0 Å². The quantitative estimate of drug-likeness (QED) is 0.865. The zero-order chi connectivity index (χ0) is 13.1. The van der Waals surface area contributed by atoms with E-state index < -0.39 is 5.97 Å². The summed E-state index contributed by atoms with van der Waals surface area (Å²) in [5, 5.41) is 16.4. The van der Waals surface area contributed by atoms with Gasteiger partial charge in [-0.2, -0.15) is 5.10 Å². The number of hydrogen-bond donors (Lipinski definition) is 2. The maximum atomic E-state index is 11.0. The van der Waals surface area contributed by atoms with Crippen molar-refractivity contribution in [2.45, 2.75) is 13.5 Å². The Morgan fingerprint density at radius 2 is 2.17 bits per heavy atom. The summed E-state index contributed by atoms with van der Waals surface area (Å²) in [5.74, 6) is -0.167. The van der Waals surface area contributed by atoms with Gasteiger partial charge in [-0.25, -0.2) is 4.79 Å². The number of rotatable bonds is 4. The van der Waals surface area contributed by atoms with E-state index in [9.17, 15) is 4.79 Å². The normalized spacial score (nSPS) is 10.3. The zero-order valence-electron chi connectivity index (χ0n) is 10.3. The molecule has 0 aliphatic rings. The lowest BCUT2D eigenvalue weighted by molar-refractivity contribution is 0.0696. The first-order chi connectivity index (χ1) is 8.58. The average Bonchev–Trinajstić information content (AvgIpc) is 2.66. The van der Waals surface area contributed by atoms with Crippen molar-refractivity contribution in [3.63, 3.8) is 0 Å². The lowest BCUT2D eigenvalue weighted by atomic mass is 10.1. The largest absolute Gasteiger partial charge is 0.478 e. The second-order valence-electron chi connectivity index (χ2n) is 4.11. The fourth-order valence-corrected chi connectivity index (χ4v) is 1.72. The molecule has 0 aliphatic carbocycles. The van der Waals surface area contributed by atoms with E-state index in [1.165, 1.54) is 0 Å². The number of nitrogens with one attached hydrogen (secondary N) is 1. The molecular weight excluding hydrogens is 230 g/mol. The Labute approximate surface area is 105 Å². The minimum atomic E-state index is -0.912. The Bertz CT molecular complexity index is 556. The number of carboxylic acid groups (broad SMARTS) is 1. The van der Waals surface area contributed by atoms with E-state index in [1.807, 2.05) is 26.1 Å². The van der Waals surface area contributed by atoms with Crippen molar-refractivity contribution in [2.75, 3.05) is 5.32 Å². The topological polar surface area (TPSA) is 67.2 Å². The summed E-state index contributed by atoms with van der Waals surface area (Å²) in [6.07, 6.45) is 0. The minimum Gasteiger partial charge on any atom is -0.478 e. The van der Waals surface area contributed by atoms with Crippen LogP contribution in [0.3, 0.4) is 0 Å². The monoisotopic (exact) mass is 245 g/mol. The molecule has 0 atom stereocenters. The molecule has 94 valence electrons. The molecule has 1 aromatic heterocycles. The van der Waals surface area contributed by atoms with Crippen molar-refractivity contribution in [2.24, 2.45) is 7.05 Å². The maximum absolute atomic E-state index is 11.0. The Kier molecular flexibility index (Phi) is 3.32. The van der Waals surface area contributed by atoms with Gasteiger partial charge in [0.05, 0.1) is 5.56 Å². The van der Waals surface area contributed by atoms with Gasteiger partial charge in [-0.05, 0) is 18.6 Å². The summed E-state index contributed by atoms with van der Waals surface area (Å²) in [5.41, 5.74) is 2.11. The highest BCUT2D eigenvalue weighted by Gasteiger charge is 2.09. The van der Waals surface area contributed by atoms with E-state index in [2.05, 4.69) is 10.4 Å². The molecule has 0 saturated heterocycles. The summed E-state index contributed by atoms with van der Waals surface area (Å²) < 4.78 is 1.77. The highest BCUT2D eigenvalue weighted by molar-refractivity contribution is 5.89. The smallest absolute Gasteiger partial charge is 0.336 e. The average molecular weight is 245 g/mol. The molecule has 0 amide bonds. The lowest BCUT2D eigenvalue weighted by Crippen LogP contribution is -2.07. The van der Waals surface area contributed by atoms with Crippen LogP contribution < -0.4 is 5.32 Å². The summed E-state index contributed by atoms with van der Waals surface area (Å²) in [6.45, 7) is 2.41. The molecule has 0 radical (unpaired) electrons. The number of carbonyl (C=O) groups is 1. The third kappa shape index (κ3) is 2.51. The summed E-state index contributed by atoms with van der Waals surface area (Å²) in [6, 6.07) is 8.86. The summed E-state index contributed by atoms with van der Waals surface area (Å²) in [4.78, 5) is 11.0. The third-order valence-electron chi connectivity index (χ3n) is 2.82. The van der Waals surface area contributed by atoms with Gasteiger partial charge in [0.1, 0.15) is 5.82 Å². The molecule has 1 aromatic carbocycles. The standard InChI is InChI=1S/C13H15N3O2/c1-9-7-12(15-16(9)2)14-8-10-5-3-4-6-11(10)13(17)18/h3-7H,8H2,1-2H3,(H,14,15)(H,17,18). The highest BCUT2D eigenvalue weighted by Crippen LogP contribution is 2.12. The van der Waals surface area contributed by atoms with Crippen LogP contribution in [-0.4, -0.2) is 20.9 Å². The third-order valence-corrected chi connectivity index (χ3v) is 2.82. The molecule has 0 saturated carbocycles.